The van der Waals surface area contributed by atoms with Gasteiger partial charge in [-0.1, -0.05) is 41.7 Å². The molecular formula is C29H22F2N4O3S2. The van der Waals surface area contributed by atoms with E-state index < -0.39 is 27.6 Å². The lowest BCUT2D eigenvalue weighted by atomic mass is 10.0. The summed E-state index contributed by atoms with van der Waals surface area (Å²) in [4.78, 5) is 23.5. The maximum atomic E-state index is 14.4. The monoisotopic (exact) mass is 576 g/mol. The number of thiazole rings is 1. The number of nitrogens with zero attached hydrogens (tertiary/aromatic N) is 4. The van der Waals surface area contributed by atoms with E-state index in [2.05, 4.69) is 9.97 Å². The molecule has 1 amide bonds. The van der Waals surface area contributed by atoms with Gasteiger partial charge in [0.05, 0.1) is 16.1 Å². The molecule has 0 spiro atoms. The van der Waals surface area contributed by atoms with E-state index in [9.17, 15) is 22.0 Å². The summed E-state index contributed by atoms with van der Waals surface area (Å²) in [5.74, 6) is -2.03. The molecule has 40 heavy (non-hydrogen) atoms. The number of benzene rings is 3. The second-order valence-corrected chi connectivity index (χ2v) is 12.3. The first-order valence-electron chi connectivity index (χ1n) is 12.4. The van der Waals surface area contributed by atoms with Crippen LogP contribution >= 0.6 is 11.3 Å². The van der Waals surface area contributed by atoms with Crippen molar-refractivity contribution < 1.29 is 22.0 Å². The van der Waals surface area contributed by atoms with Crippen molar-refractivity contribution in [2.75, 3.05) is 11.4 Å². The largest absolute Gasteiger partial charge is 0.279 e. The number of fused-ring (bicyclic) bond motifs is 2. The summed E-state index contributed by atoms with van der Waals surface area (Å²) in [6, 6.07) is 18.9. The molecule has 0 saturated carbocycles. The Morgan fingerprint density at radius 2 is 1.77 bits per heavy atom. The zero-order valence-electron chi connectivity index (χ0n) is 21.0. The van der Waals surface area contributed by atoms with E-state index in [0.717, 1.165) is 28.5 Å². The van der Waals surface area contributed by atoms with Gasteiger partial charge in [0.1, 0.15) is 11.3 Å². The van der Waals surface area contributed by atoms with Crippen LogP contribution in [-0.2, 0) is 29.5 Å². The van der Waals surface area contributed by atoms with Gasteiger partial charge >= 0.3 is 0 Å². The van der Waals surface area contributed by atoms with E-state index in [0.29, 0.717) is 18.5 Å². The molecule has 0 unspecified atom stereocenters. The zero-order valence-corrected chi connectivity index (χ0v) is 22.6. The van der Waals surface area contributed by atoms with Gasteiger partial charge in [-0.15, -0.1) is 0 Å². The lowest BCUT2D eigenvalue weighted by Gasteiger charge is -2.28. The number of hydrogen-bond donors (Lipinski definition) is 0. The summed E-state index contributed by atoms with van der Waals surface area (Å²) in [7, 11) is -3.78. The third-order valence-corrected chi connectivity index (χ3v) is 9.66. The van der Waals surface area contributed by atoms with Crippen molar-refractivity contribution in [3.8, 4) is 0 Å². The summed E-state index contributed by atoms with van der Waals surface area (Å²) in [6.45, 7) is 0.727. The highest BCUT2D eigenvalue weighted by atomic mass is 32.2. The van der Waals surface area contributed by atoms with Crippen molar-refractivity contribution in [3.63, 3.8) is 0 Å². The first-order chi connectivity index (χ1) is 19.3. The number of carbonyl (C=O) groups is 1. The molecule has 1 aliphatic rings. The van der Waals surface area contributed by atoms with Crippen LogP contribution < -0.4 is 4.90 Å². The molecule has 1 aliphatic heterocycles. The van der Waals surface area contributed by atoms with Crippen LogP contribution in [-0.4, -0.2) is 35.1 Å². The Hall–Kier alpha value is -4.06. The minimum absolute atomic E-state index is 0.0325. The Morgan fingerprint density at radius 3 is 2.52 bits per heavy atom. The van der Waals surface area contributed by atoms with Crippen LogP contribution in [0.1, 0.15) is 27.0 Å². The minimum atomic E-state index is -3.78. The first kappa shape index (κ1) is 26.2. The minimum Gasteiger partial charge on any atom is -0.279 e. The van der Waals surface area contributed by atoms with Gasteiger partial charge in [-0.3, -0.25) is 14.7 Å². The van der Waals surface area contributed by atoms with Crippen molar-refractivity contribution in [1.82, 2.24) is 14.3 Å². The van der Waals surface area contributed by atoms with Crippen LogP contribution in [0.15, 0.2) is 90.1 Å². The summed E-state index contributed by atoms with van der Waals surface area (Å²) >= 11 is 0.988. The van der Waals surface area contributed by atoms with Crippen LogP contribution in [0.5, 0.6) is 0 Å². The van der Waals surface area contributed by atoms with Crippen molar-refractivity contribution in [1.29, 1.82) is 0 Å². The van der Waals surface area contributed by atoms with Gasteiger partial charge in [0.2, 0.25) is 10.0 Å². The normalized spacial score (nSPS) is 13.8. The fourth-order valence-electron chi connectivity index (χ4n) is 4.71. The number of sulfonamides is 1. The number of halogens is 2. The average molecular weight is 577 g/mol. The Morgan fingerprint density at radius 1 is 1.00 bits per heavy atom. The fourth-order valence-corrected chi connectivity index (χ4v) is 7.13. The second kappa shape index (κ2) is 10.5. The highest BCUT2D eigenvalue weighted by Crippen LogP contribution is 2.33. The SMILES string of the molecule is O=C(c1ccc(S(=O)(=O)N2CCc3ccccc3C2)cc1)N(Cc1cccnc1)c1nc2c(F)cc(F)cc2s1. The quantitative estimate of drug-likeness (QED) is 0.264. The third-order valence-electron chi connectivity index (χ3n) is 6.78. The molecule has 0 aliphatic carbocycles. The zero-order chi connectivity index (χ0) is 27.9. The van der Waals surface area contributed by atoms with Gasteiger partial charge in [0.25, 0.3) is 5.91 Å². The van der Waals surface area contributed by atoms with Crippen LogP contribution in [0.3, 0.4) is 0 Å². The second-order valence-electron chi connectivity index (χ2n) is 9.37. The molecule has 3 heterocycles. The maximum Gasteiger partial charge on any atom is 0.260 e. The number of amides is 1. The van der Waals surface area contributed by atoms with Crippen LogP contribution in [0.4, 0.5) is 13.9 Å². The van der Waals surface area contributed by atoms with Gasteiger partial charge in [-0.05, 0) is 59.5 Å². The van der Waals surface area contributed by atoms with E-state index in [4.69, 9.17) is 0 Å². The van der Waals surface area contributed by atoms with E-state index in [1.54, 1.807) is 24.5 Å². The highest BCUT2D eigenvalue weighted by Gasteiger charge is 2.29. The van der Waals surface area contributed by atoms with Gasteiger partial charge in [0, 0.05) is 37.1 Å². The summed E-state index contributed by atoms with van der Waals surface area (Å²) in [6.07, 6.45) is 3.83. The Bertz CT molecular complexity index is 1830. The van der Waals surface area contributed by atoms with Crippen molar-refractivity contribution in [3.05, 3.63) is 119 Å². The van der Waals surface area contributed by atoms with E-state index >= 15 is 0 Å². The van der Waals surface area contributed by atoms with Gasteiger partial charge < -0.3 is 0 Å². The number of carbonyl (C=O) groups excluding carboxylic acids is 1. The third kappa shape index (κ3) is 4.99. The lowest BCUT2D eigenvalue weighted by Crippen LogP contribution is -2.36. The molecule has 5 aromatic rings. The molecule has 11 heteroatoms. The number of aromatic nitrogens is 2. The van der Waals surface area contributed by atoms with Crippen LogP contribution in [0.2, 0.25) is 0 Å². The van der Waals surface area contributed by atoms with E-state index in [-0.39, 0.29) is 38.9 Å². The number of anilines is 1. The molecule has 3 aromatic carbocycles. The topological polar surface area (TPSA) is 83.5 Å². The van der Waals surface area contributed by atoms with Crippen molar-refractivity contribution >= 4 is 42.6 Å². The Kier molecular flexibility index (Phi) is 6.87. The standard InChI is InChI=1S/C29H22F2N4O3S2/c30-23-14-25(31)27-26(15-23)39-29(33-27)35(17-19-4-3-12-32-16-19)28(36)21-7-9-24(10-8-21)40(37,38)34-13-11-20-5-1-2-6-22(20)18-34/h1-10,12,14-16H,11,13,17-18H2. The van der Waals surface area contributed by atoms with Crippen molar-refractivity contribution in [2.24, 2.45) is 0 Å². The van der Waals surface area contributed by atoms with Crippen LogP contribution in [0, 0.1) is 11.6 Å². The molecule has 2 aromatic heterocycles. The average Bonchev–Trinajstić information content (AvgIpc) is 3.40. The molecule has 0 fully saturated rings. The predicted molar refractivity (Wildman–Crippen MR) is 148 cm³/mol. The highest BCUT2D eigenvalue weighted by molar-refractivity contribution is 7.89. The molecule has 6 rings (SSSR count). The van der Waals surface area contributed by atoms with Gasteiger partial charge in [0.15, 0.2) is 10.9 Å². The summed E-state index contributed by atoms with van der Waals surface area (Å²) in [5.41, 5.74) is 3.00. The first-order valence-corrected chi connectivity index (χ1v) is 14.7. The molecule has 0 saturated heterocycles. The summed E-state index contributed by atoms with van der Waals surface area (Å²) < 4.78 is 56.7. The van der Waals surface area contributed by atoms with E-state index in [1.807, 2.05) is 24.3 Å². The molecule has 7 nitrogen and oxygen atoms in total. The molecule has 0 bridgehead atoms. The van der Waals surface area contributed by atoms with Crippen molar-refractivity contribution in [2.45, 2.75) is 24.4 Å². The maximum absolute atomic E-state index is 14.4. The fraction of sp³-hybridized carbons (Fsp3) is 0.138. The van der Waals surface area contributed by atoms with E-state index in [1.165, 1.54) is 39.5 Å². The smallest absolute Gasteiger partial charge is 0.260 e. The van der Waals surface area contributed by atoms with Crippen LogP contribution in [0.25, 0.3) is 10.2 Å². The molecule has 0 N–H and O–H groups in total. The van der Waals surface area contributed by atoms with Gasteiger partial charge in [-0.25, -0.2) is 22.2 Å². The molecule has 0 radical (unpaired) electrons. The molecule has 0 atom stereocenters. The lowest BCUT2D eigenvalue weighted by molar-refractivity contribution is 0.0985. The predicted octanol–water partition coefficient (Wildman–Crippen LogP) is 5.56. The van der Waals surface area contributed by atoms with Gasteiger partial charge in [-0.2, -0.15) is 4.31 Å². The summed E-state index contributed by atoms with van der Waals surface area (Å²) in [5, 5.41) is 0.178. The molecular weight excluding hydrogens is 554 g/mol. The Labute approximate surface area is 233 Å². The number of pyridine rings is 1. The Balaban J connectivity index is 1.30. The number of hydrogen-bond acceptors (Lipinski definition) is 6. The number of rotatable bonds is 6. The molecule has 202 valence electrons.